The van der Waals surface area contributed by atoms with Gasteiger partial charge in [-0.3, -0.25) is 14.9 Å². The molecule has 0 bridgehead atoms. The number of hydrogen-bond acceptors (Lipinski definition) is 6. The Kier molecular flexibility index (Phi) is 6.28. The second-order valence-electron chi connectivity index (χ2n) is 10.8. The first-order chi connectivity index (χ1) is 18.0. The van der Waals surface area contributed by atoms with Crippen molar-refractivity contribution in [2.24, 2.45) is 0 Å². The normalized spacial score (nSPS) is 19.7. The number of piperidine rings is 2. The zero-order chi connectivity index (χ0) is 25.4. The van der Waals surface area contributed by atoms with E-state index in [9.17, 15) is 4.79 Å². The Morgan fingerprint density at radius 3 is 2.35 bits per heavy atom. The van der Waals surface area contributed by atoms with Crippen LogP contribution in [0.1, 0.15) is 31.2 Å². The Morgan fingerprint density at radius 2 is 1.68 bits per heavy atom. The summed E-state index contributed by atoms with van der Waals surface area (Å²) in [6.45, 7) is 4.98. The van der Waals surface area contributed by atoms with Gasteiger partial charge in [-0.15, -0.1) is 0 Å². The molecule has 0 aliphatic carbocycles. The molecule has 0 unspecified atom stereocenters. The Morgan fingerprint density at radius 1 is 0.946 bits per heavy atom. The van der Waals surface area contributed by atoms with Gasteiger partial charge < -0.3 is 14.7 Å². The van der Waals surface area contributed by atoms with E-state index in [4.69, 9.17) is 4.98 Å². The summed E-state index contributed by atoms with van der Waals surface area (Å²) in [4.78, 5) is 35.1. The molecule has 192 valence electrons. The number of anilines is 2. The van der Waals surface area contributed by atoms with E-state index in [1.54, 1.807) is 17.3 Å². The quantitative estimate of drug-likeness (QED) is 0.544. The highest BCUT2D eigenvalue weighted by atomic mass is 16.2. The fourth-order valence-electron chi connectivity index (χ4n) is 6.40. The first-order valence-corrected chi connectivity index (χ1v) is 13.3. The lowest BCUT2D eigenvalue weighted by Gasteiger charge is -2.45. The number of fused-ring (bicyclic) bond motifs is 2. The van der Waals surface area contributed by atoms with Crippen molar-refractivity contribution in [1.29, 1.82) is 0 Å². The Bertz CT molecular complexity index is 1230. The summed E-state index contributed by atoms with van der Waals surface area (Å²) in [6, 6.07) is 13.1. The maximum Gasteiger partial charge on any atom is 0.323 e. The van der Waals surface area contributed by atoms with Crippen LogP contribution in [0.15, 0.2) is 61.2 Å². The second-order valence-corrected chi connectivity index (χ2v) is 10.8. The van der Waals surface area contributed by atoms with Crippen LogP contribution in [0.4, 0.5) is 16.3 Å². The molecule has 3 aliphatic rings. The average molecular weight is 498 g/mol. The SMILES string of the molecule is CN(C)C(=O)N1CC2(CCN(C3CCN(c4cnc(-c5ccncc5)cn4)CC3)CC2)c2ccccc21. The van der Waals surface area contributed by atoms with Crippen LogP contribution in [0.5, 0.6) is 0 Å². The molecule has 2 saturated heterocycles. The monoisotopic (exact) mass is 497 g/mol. The summed E-state index contributed by atoms with van der Waals surface area (Å²) >= 11 is 0. The van der Waals surface area contributed by atoms with Crippen molar-refractivity contribution in [2.45, 2.75) is 37.1 Å². The van der Waals surface area contributed by atoms with Crippen molar-refractivity contribution in [1.82, 2.24) is 24.8 Å². The number of carbonyl (C=O) groups excluding carboxylic acids is 1. The van der Waals surface area contributed by atoms with Crippen LogP contribution >= 0.6 is 0 Å². The van der Waals surface area contributed by atoms with Crippen molar-refractivity contribution in [3.63, 3.8) is 0 Å². The first kappa shape index (κ1) is 23.9. The van der Waals surface area contributed by atoms with Crippen LogP contribution in [-0.2, 0) is 5.41 Å². The van der Waals surface area contributed by atoms with Gasteiger partial charge in [-0.1, -0.05) is 18.2 Å². The van der Waals surface area contributed by atoms with E-state index < -0.39 is 0 Å². The van der Waals surface area contributed by atoms with Gasteiger partial charge in [0.25, 0.3) is 0 Å². The lowest BCUT2D eigenvalue weighted by atomic mass is 9.74. The van der Waals surface area contributed by atoms with Gasteiger partial charge in [-0.05, 0) is 62.5 Å². The number of benzene rings is 1. The molecule has 3 aromatic rings. The highest BCUT2D eigenvalue weighted by Gasteiger charge is 2.47. The topological polar surface area (TPSA) is 68.7 Å². The van der Waals surface area contributed by atoms with E-state index in [1.165, 1.54) is 5.56 Å². The van der Waals surface area contributed by atoms with Gasteiger partial charge >= 0.3 is 6.03 Å². The van der Waals surface area contributed by atoms with Gasteiger partial charge in [0.2, 0.25) is 0 Å². The third kappa shape index (κ3) is 4.44. The zero-order valence-corrected chi connectivity index (χ0v) is 21.8. The van der Waals surface area contributed by atoms with Gasteiger partial charge in [0.15, 0.2) is 0 Å². The molecular weight excluding hydrogens is 462 g/mol. The van der Waals surface area contributed by atoms with Crippen LogP contribution < -0.4 is 9.80 Å². The lowest BCUT2D eigenvalue weighted by Crippen LogP contribution is -2.52. The van der Waals surface area contributed by atoms with Crippen molar-refractivity contribution in [2.75, 3.05) is 56.6 Å². The van der Waals surface area contributed by atoms with Gasteiger partial charge in [-0.25, -0.2) is 9.78 Å². The van der Waals surface area contributed by atoms with Crippen LogP contribution in [0.2, 0.25) is 0 Å². The van der Waals surface area contributed by atoms with Crippen LogP contribution in [0.25, 0.3) is 11.3 Å². The average Bonchev–Trinajstić information content (AvgIpc) is 3.27. The number of aromatic nitrogens is 3. The molecule has 0 saturated carbocycles. The van der Waals surface area contributed by atoms with Crippen molar-refractivity contribution < 1.29 is 4.79 Å². The number of nitrogens with zero attached hydrogens (tertiary/aromatic N) is 7. The largest absolute Gasteiger partial charge is 0.355 e. The van der Waals surface area contributed by atoms with Crippen LogP contribution in [-0.4, -0.2) is 83.6 Å². The molecule has 0 N–H and O–H groups in total. The smallest absolute Gasteiger partial charge is 0.323 e. The number of hydrogen-bond donors (Lipinski definition) is 0. The zero-order valence-electron chi connectivity index (χ0n) is 21.8. The molecule has 5 heterocycles. The highest BCUT2D eigenvalue weighted by Crippen LogP contribution is 2.47. The molecule has 2 fully saturated rings. The standard InChI is InChI=1S/C29H35N7O/c1-33(2)28(37)36-21-29(24-5-3-4-6-26(24)36)11-17-34(18-12-29)23-9-15-35(16-10-23)27-20-31-25(19-32-27)22-7-13-30-14-8-22/h3-8,13-14,19-20,23H,9-12,15-18,21H2,1-2H3. The third-order valence-electron chi connectivity index (χ3n) is 8.51. The molecule has 6 rings (SSSR count). The summed E-state index contributed by atoms with van der Waals surface area (Å²) in [5.41, 5.74) is 4.44. The van der Waals surface area contributed by atoms with E-state index in [1.807, 2.05) is 49.6 Å². The minimum Gasteiger partial charge on any atom is -0.355 e. The van der Waals surface area contributed by atoms with Crippen molar-refractivity contribution in [3.05, 3.63) is 66.7 Å². The minimum absolute atomic E-state index is 0.0750. The number of urea groups is 1. The number of amides is 2. The molecule has 1 spiro atoms. The molecule has 1 aromatic carbocycles. The number of pyridine rings is 1. The van der Waals surface area contributed by atoms with E-state index in [0.717, 1.165) is 81.2 Å². The summed E-state index contributed by atoms with van der Waals surface area (Å²) in [7, 11) is 3.68. The molecule has 2 aromatic heterocycles. The molecule has 8 nitrogen and oxygen atoms in total. The Labute approximate surface area is 218 Å². The molecule has 3 aliphatic heterocycles. The maximum absolute atomic E-state index is 12.9. The van der Waals surface area contributed by atoms with Crippen LogP contribution in [0.3, 0.4) is 0 Å². The number of para-hydroxylation sites is 1. The van der Waals surface area contributed by atoms with Crippen molar-refractivity contribution >= 4 is 17.5 Å². The van der Waals surface area contributed by atoms with E-state index in [0.29, 0.717) is 6.04 Å². The predicted octanol–water partition coefficient (Wildman–Crippen LogP) is 4.04. The molecule has 0 radical (unpaired) electrons. The molecule has 8 heteroatoms. The number of rotatable bonds is 3. The minimum atomic E-state index is 0.0750. The summed E-state index contributed by atoms with van der Waals surface area (Å²) in [6.07, 6.45) is 11.8. The van der Waals surface area contributed by atoms with Gasteiger partial charge in [0.1, 0.15) is 5.82 Å². The Hall–Kier alpha value is -3.52. The Balaban J connectivity index is 1.07. The number of likely N-dealkylation sites (tertiary alicyclic amines) is 1. The summed E-state index contributed by atoms with van der Waals surface area (Å²) in [5.74, 6) is 0.960. The van der Waals surface area contributed by atoms with Gasteiger partial charge in [0.05, 0.1) is 18.1 Å². The van der Waals surface area contributed by atoms with Gasteiger partial charge in [0, 0.05) is 68.8 Å². The fourth-order valence-corrected chi connectivity index (χ4v) is 6.40. The van der Waals surface area contributed by atoms with Crippen LogP contribution in [0, 0.1) is 0 Å². The second kappa shape index (κ2) is 9.74. The molecular formula is C29H35N7O. The molecule has 0 atom stereocenters. The molecule has 37 heavy (non-hydrogen) atoms. The van der Waals surface area contributed by atoms with E-state index >= 15 is 0 Å². The maximum atomic E-state index is 12.9. The predicted molar refractivity (Wildman–Crippen MR) is 146 cm³/mol. The fraction of sp³-hybridized carbons (Fsp3) is 0.448. The molecule has 2 amide bonds. The van der Waals surface area contributed by atoms with Gasteiger partial charge in [-0.2, -0.15) is 0 Å². The first-order valence-electron chi connectivity index (χ1n) is 13.3. The van der Waals surface area contributed by atoms with Crippen molar-refractivity contribution in [3.8, 4) is 11.3 Å². The summed E-state index contributed by atoms with van der Waals surface area (Å²) < 4.78 is 0. The summed E-state index contributed by atoms with van der Waals surface area (Å²) in [5, 5.41) is 0. The number of carbonyl (C=O) groups is 1. The van der Waals surface area contributed by atoms with E-state index in [2.05, 4.69) is 38.0 Å². The van der Waals surface area contributed by atoms with E-state index in [-0.39, 0.29) is 11.4 Å². The third-order valence-corrected chi connectivity index (χ3v) is 8.51. The lowest BCUT2D eigenvalue weighted by molar-refractivity contribution is 0.104. The highest BCUT2D eigenvalue weighted by molar-refractivity contribution is 5.95.